The standard InChI is InChI=1S/C20H18FN5O3/c21-16-6-14-17(27)15(20(28)29)10-25(8-11-1-3-22-4-2-11)18(14)24-19(16)26-9-12-5-13(26)7-23-12/h1-4,6,10,12-13,23H,5,7-9H2,(H,28,29). The van der Waals surface area contributed by atoms with E-state index in [1.807, 2.05) is 4.90 Å². The molecule has 0 radical (unpaired) electrons. The number of rotatable bonds is 4. The molecular weight excluding hydrogens is 377 g/mol. The number of halogens is 1. The number of aromatic carboxylic acids is 1. The van der Waals surface area contributed by atoms with Crippen molar-refractivity contribution in [1.82, 2.24) is 19.9 Å². The zero-order chi connectivity index (χ0) is 20.1. The van der Waals surface area contributed by atoms with Crippen molar-refractivity contribution in [2.75, 3.05) is 18.0 Å². The third kappa shape index (κ3) is 2.94. The summed E-state index contributed by atoms with van der Waals surface area (Å²) in [5.41, 5.74) is -0.0201. The minimum Gasteiger partial charge on any atom is -0.477 e. The maximum Gasteiger partial charge on any atom is 0.341 e. The number of carboxylic acid groups (broad SMARTS) is 1. The Hall–Kier alpha value is -3.33. The first-order valence-electron chi connectivity index (χ1n) is 9.37. The molecule has 5 heterocycles. The molecule has 0 aromatic carbocycles. The molecule has 0 amide bonds. The molecule has 3 aromatic heterocycles. The quantitative estimate of drug-likeness (QED) is 0.685. The number of nitrogens with zero attached hydrogens (tertiary/aromatic N) is 4. The van der Waals surface area contributed by atoms with Crippen LogP contribution in [0.25, 0.3) is 11.0 Å². The van der Waals surface area contributed by atoms with Crippen LogP contribution in [0, 0.1) is 5.82 Å². The van der Waals surface area contributed by atoms with Gasteiger partial charge >= 0.3 is 5.97 Å². The van der Waals surface area contributed by atoms with Gasteiger partial charge in [0.2, 0.25) is 5.43 Å². The number of pyridine rings is 3. The summed E-state index contributed by atoms with van der Waals surface area (Å²) in [6.45, 7) is 1.71. The number of hydrogen-bond donors (Lipinski definition) is 2. The highest BCUT2D eigenvalue weighted by atomic mass is 19.1. The highest BCUT2D eigenvalue weighted by molar-refractivity contribution is 5.92. The van der Waals surface area contributed by atoms with Crippen molar-refractivity contribution in [3.8, 4) is 0 Å². The summed E-state index contributed by atoms with van der Waals surface area (Å²) in [7, 11) is 0. The molecule has 2 fully saturated rings. The summed E-state index contributed by atoms with van der Waals surface area (Å²) in [4.78, 5) is 34.6. The Morgan fingerprint density at radius 2 is 2.14 bits per heavy atom. The number of aromatic nitrogens is 3. The van der Waals surface area contributed by atoms with E-state index in [2.05, 4.69) is 15.3 Å². The van der Waals surface area contributed by atoms with Gasteiger partial charge in [-0.15, -0.1) is 0 Å². The molecule has 0 spiro atoms. The van der Waals surface area contributed by atoms with Crippen LogP contribution in [0.5, 0.6) is 0 Å². The molecule has 2 atom stereocenters. The van der Waals surface area contributed by atoms with Crippen molar-refractivity contribution >= 4 is 22.8 Å². The lowest BCUT2D eigenvalue weighted by atomic mass is 10.1. The molecule has 5 rings (SSSR count). The van der Waals surface area contributed by atoms with E-state index >= 15 is 0 Å². The molecule has 3 aromatic rings. The number of carbonyl (C=O) groups is 1. The highest BCUT2D eigenvalue weighted by Crippen LogP contribution is 2.31. The zero-order valence-electron chi connectivity index (χ0n) is 15.4. The Balaban J connectivity index is 1.70. The van der Waals surface area contributed by atoms with Crippen molar-refractivity contribution < 1.29 is 14.3 Å². The van der Waals surface area contributed by atoms with Crippen molar-refractivity contribution in [2.24, 2.45) is 0 Å². The molecule has 2 N–H and O–H groups in total. The summed E-state index contributed by atoms with van der Waals surface area (Å²) >= 11 is 0. The first-order valence-corrected chi connectivity index (χ1v) is 9.37. The Morgan fingerprint density at radius 1 is 1.34 bits per heavy atom. The van der Waals surface area contributed by atoms with E-state index in [0.29, 0.717) is 12.6 Å². The second-order valence-electron chi connectivity index (χ2n) is 7.47. The smallest absolute Gasteiger partial charge is 0.341 e. The predicted molar refractivity (Wildman–Crippen MR) is 104 cm³/mol. The van der Waals surface area contributed by atoms with Gasteiger partial charge in [-0.1, -0.05) is 0 Å². The van der Waals surface area contributed by atoms with E-state index in [0.717, 1.165) is 24.6 Å². The van der Waals surface area contributed by atoms with Crippen LogP contribution >= 0.6 is 0 Å². The number of hydrogen-bond acceptors (Lipinski definition) is 6. The predicted octanol–water partition coefficient (Wildman–Crippen LogP) is 1.23. The lowest BCUT2D eigenvalue weighted by molar-refractivity contribution is 0.0695. The first kappa shape index (κ1) is 17.7. The third-order valence-electron chi connectivity index (χ3n) is 5.64. The van der Waals surface area contributed by atoms with Gasteiger partial charge in [0.1, 0.15) is 11.2 Å². The molecular formula is C20H18FN5O3. The number of nitrogens with one attached hydrogen (secondary N) is 1. The Labute approximate surface area is 164 Å². The van der Waals surface area contributed by atoms with E-state index < -0.39 is 22.8 Å². The summed E-state index contributed by atoms with van der Waals surface area (Å²) in [5.74, 6) is -1.76. The number of piperazine rings is 1. The number of carboxylic acids is 1. The van der Waals surface area contributed by atoms with Crippen molar-refractivity contribution in [3.63, 3.8) is 0 Å². The summed E-state index contributed by atoms with van der Waals surface area (Å²) in [6, 6.07) is 5.18. The monoisotopic (exact) mass is 395 g/mol. The Bertz CT molecular complexity index is 1180. The van der Waals surface area contributed by atoms with Gasteiger partial charge in [-0.3, -0.25) is 9.78 Å². The number of anilines is 1. The SMILES string of the molecule is O=C(O)c1cn(Cc2ccncc2)c2nc(N3CC4CC3CN4)c(F)cc2c1=O. The fourth-order valence-electron chi connectivity index (χ4n) is 4.26. The molecule has 0 saturated carbocycles. The van der Waals surface area contributed by atoms with E-state index in [9.17, 15) is 19.1 Å². The minimum absolute atomic E-state index is 0.0392. The van der Waals surface area contributed by atoms with Crippen LogP contribution in [-0.2, 0) is 6.54 Å². The maximum absolute atomic E-state index is 14.9. The second-order valence-corrected chi connectivity index (χ2v) is 7.47. The lowest BCUT2D eigenvalue weighted by Gasteiger charge is -2.29. The highest BCUT2D eigenvalue weighted by Gasteiger charge is 2.39. The topological polar surface area (TPSA) is 100 Å². The molecule has 2 unspecified atom stereocenters. The first-order chi connectivity index (χ1) is 14.0. The average molecular weight is 395 g/mol. The van der Waals surface area contributed by atoms with E-state index in [1.165, 1.54) is 6.20 Å². The largest absolute Gasteiger partial charge is 0.477 e. The van der Waals surface area contributed by atoms with Crippen LogP contribution in [0.15, 0.2) is 41.6 Å². The van der Waals surface area contributed by atoms with Crippen molar-refractivity contribution in [3.05, 3.63) is 64.0 Å². The molecule has 2 saturated heterocycles. The second kappa shape index (κ2) is 6.63. The van der Waals surface area contributed by atoms with Crippen molar-refractivity contribution in [2.45, 2.75) is 25.0 Å². The van der Waals surface area contributed by atoms with Gasteiger partial charge in [0.15, 0.2) is 11.6 Å². The normalized spacial score (nSPS) is 20.5. The molecule has 2 aliphatic rings. The minimum atomic E-state index is -1.35. The van der Waals surface area contributed by atoms with E-state index in [1.54, 1.807) is 29.1 Å². The average Bonchev–Trinajstić information content (AvgIpc) is 3.34. The Kier molecular flexibility index (Phi) is 4.06. The van der Waals surface area contributed by atoms with Crippen LogP contribution in [0.1, 0.15) is 22.3 Å². The van der Waals surface area contributed by atoms with Crippen LogP contribution in [0.3, 0.4) is 0 Å². The van der Waals surface area contributed by atoms with Crippen LogP contribution < -0.4 is 15.6 Å². The van der Waals surface area contributed by atoms with Crippen molar-refractivity contribution in [1.29, 1.82) is 0 Å². The van der Waals surface area contributed by atoms with Crippen LogP contribution in [0.4, 0.5) is 10.2 Å². The van der Waals surface area contributed by atoms with Crippen LogP contribution in [-0.4, -0.2) is 50.8 Å². The van der Waals surface area contributed by atoms with Gasteiger partial charge in [0.05, 0.1) is 5.39 Å². The maximum atomic E-state index is 14.9. The van der Waals surface area contributed by atoms with Crippen LogP contribution in [0.2, 0.25) is 0 Å². The van der Waals surface area contributed by atoms with E-state index in [4.69, 9.17) is 0 Å². The van der Waals surface area contributed by atoms with Gasteiger partial charge in [0, 0.05) is 50.3 Å². The lowest BCUT2D eigenvalue weighted by Crippen LogP contribution is -2.44. The fraction of sp³-hybridized carbons (Fsp3) is 0.300. The van der Waals surface area contributed by atoms with Gasteiger partial charge in [-0.2, -0.15) is 0 Å². The number of fused-ring (bicyclic) bond motifs is 3. The summed E-state index contributed by atoms with van der Waals surface area (Å²) in [5, 5.41) is 12.8. The van der Waals surface area contributed by atoms with Gasteiger partial charge in [-0.25, -0.2) is 14.2 Å². The molecule has 29 heavy (non-hydrogen) atoms. The molecule has 8 nitrogen and oxygen atoms in total. The van der Waals surface area contributed by atoms with Gasteiger partial charge in [0.25, 0.3) is 0 Å². The molecule has 0 aliphatic carbocycles. The molecule has 9 heteroatoms. The Morgan fingerprint density at radius 3 is 2.79 bits per heavy atom. The summed E-state index contributed by atoms with van der Waals surface area (Å²) < 4.78 is 16.5. The summed E-state index contributed by atoms with van der Waals surface area (Å²) in [6.07, 6.45) is 5.47. The molecule has 2 aliphatic heterocycles. The van der Waals surface area contributed by atoms with Gasteiger partial charge < -0.3 is 19.9 Å². The fourth-order valence-corrected chi connectivity index (χ4v) is 4.26. The van der Waals surface area contributed by atoms with E-state index in [-0.39, 0.29) is 29.4 Å². The van der Waals surface area contributed by atoms with Gasteiger partial charge in [-0.05, 0) is 30.2 Å². The molecule has 2 bridgehead atoms. The molecule has 148 valence electrons. The zero-order valence-corrected chi connectivity index (χ0v) is 15.4. The third-order valence-corrected chi connectivity index (χ3v) is 5.64.